The van der Waals surface area contributed by atoms with Gasteiger partial charge in [-0.3, -0.25) is 10.3 Å². The molecule has 4 nitrogen and oxygen atoms in total. The van der Waals surface area contributed by atoms with Gasteiger partial charge in [0.2, 0.25) is 0 Å². The molecule has 0 saturated heterocycles. The monoisotopic (exact) mass is 468 g/mol. The second-order valence-electron chi connectivity index (χ2n) is 7.12. The molecule has 0 unspecified atom stereocenters. The highest BCUT2D eigenvalue weighted by molar-refractivity contribution is 9.10. The van der Waals surface area contributed by atoms with Crippen molar-refractivity contribution in [2.45, 2.75) is 25.6 Å². The van der Waals surface area contributed by atoms with Crippen LogP contribution in [-0.4, -0.2) is 17.4 Å². The van der Waals surface area contributed by atoms with Crippen molar-refractivity contribution in [3.8, 4) is 11.5 Å². The minimum atomic E-state index is -0.431. The number of nitrogens with zero attached hydrogens (tertiary/aromatic N) is 1. The Morgan fingerprint density at radius 2 is 1.93 bits per heavy atom. The van der Waals surface area contributed by atoms with Crippen molar-refractivity contribution in [3.05, 3.63) is 93.7 Å². The molecule has 3 aromatic carbocycles. The Balaban J connectivity index is 1.73. The quantitative estimate of drug-likeness (QED) is 0.488. The smallest absolute Gasteiger partial charge is 0.126 e. The van der Waals surface area contributed by atoms with E-state index < -0.39 is 6.17 Å². The number of phenolic OH excluding ortho intramolecular Hbond substituents is 1. The van der Waals surface area contributed by atoms with Gasteiger partial charge in [-0.15, -0.1) is 0 Å². The van der Waals surface area contributed by atoms with E-state index in [-0.39, 0.29) is 17.6 Å². The van der Waals surface area contributed by atoms with Crippen LogP contribution in [0.2, 0.25) is 0 Å². The van der Waals surface area contributed by atoms with Crippen LogP contribution in [0.25, 0.3) is 0 Å². The van der Waals surface area contributed by atoms with Crippen LogP contribution >= 0.6 is 15.9 Å². The van der Waals surface area contributed by atoms with Crippen molar-refractivity contribution in [1.82, 2.24) is 5.32 Å². The fourth-order valence-electron chi connectivity index (χ4n) is 3.64. The first-order valence-electron chi connectivity index (χ1n) is 9.83. The summed E-state index contributed by atoms with van der Waals surface area (Å²) >= 11 is 3.48. The first-order chi connectivity index (χ1) is 14.5. The molecule has 0 fully saturated rings. The molecule has 1 heterocycles. The summed E-state index contributed by atoms with van der Waals surface area (Å²) in [6, 6.07) is 19.4. The van der Waals surface area contributed by atoms with Gasteiger partial charge >= 0.3 is 0 Å². The Hall–Kier alpha value is -2.70. The third kappa shape index (κ3) is 4.55. The fraction of sp³-hybridized carbons (Fsp3) is 0.208. The zero-order valence-corrected chi connectivity index (χ0v) is 18.1. The molecule has 0 aromatic heterocycles. The summed E-state index contributed by atoms with van der Waals surface area (Å²) in [5, 5.41) is 13.9. The molecule has 0 bridgehead atoms. The molecule has 1 aliphatic rings. The molecule has 0 radical (unpaired) electrons. The number of hydrogen-bond acceptors (Lipinski definition) is 4. The number of hydrogen-bond donors (Lipinski definition) is 2. The summed E-state index contributed by atoms with van der Waals surface area (Å²) < 4.78 is 20.3. The maximum atomic E-state index is 13.9. The van der Waals surface area contributed by atoms with Crippen molar-refractivity contribution in [2.75, 3.05) is 6.61 Å². The summed E-state index contributed by atoms with van der Waals surface area (Å²) in [5.74, 6) is 0.708. The fourth-order valence-corrected chi connectivity index (χ4v) is 4.02. The van der Waals surface area contributed by atoms with Crippen molar-refractivity contribution in [1.29, 1.82) is 0 Å². The summed E-state index contributed by atoms with van der Waals surface area (Å²) in [6.07, 6.45) is 0.156. The predicted molar refractivity (Wildman–Crippen MR) is 120 cm³/mol. The van der Waals surface area contributed by atoms with Crippen molar-refractivity contribution in [3.63, 3.8) is 0 Å². The SMILES string of the molecule is CCOc1ccc(C2=N[C@H](c3cccc(F)c3)N[C@@H](c3cc(Br)ccc3O)C2)cc1. The normalized spacial score (nSPS) is 18.7. The van der Waals surface area contributed by atoms with Gasteiger partial charge in [0.1, 0.15) is 23.5 Å². The number of ether oxygens (including phenoxy) is 1. The lowest BCUT2D eigenvalue weighted by atomic mass is 9.93. The lowest BCUT2D eigenvalue weighted by Crippen LogP contribution is -2.33. The highest BCUT2D eigenvalue weighted by atomic mass is 79.9. The Morgan fingerprint density at radius 1 is 1.13 bits per heavy atom. The van der Waals surface area contributed by atoms with Crippen LogP contribution in [0.1, 0.15) is 42.2 Å². The number of aliphatic imine (C=N–C) groups is 1. The van der Waals surface area contributed by atoms with Gasteiger partial charge in [0, 0.05) is 28.2 Å². The van der Waals surface area contributed by atoms with Crippen LogP contribution in [0.15, 0.2) is 76.2 Å². The van der Waals surface area contributed by atoms with Crippen LogP contribution < -0.4 is 10.1 Å². The zero-order chi connectivity index (χ0) is 21.1. The molecule has 6 heteroatoms. The molecule has 0 spiro atoms. The molecule has 0 amide bonds. The lowest BCUT2D eigenvalue weighted by Gasteiger charge is -2.31. The van der Waals surface area contributed by atoms with Crippen molar-refractivity contribution >= 4 is 21.6 Å². The van der Waals surface area contributed by atoms with Gasteiger partial charge in [-0.1, -0.05) is 28.1 Å². The molecule has 4 rings (SSSR count). The summed E-state index contributed by atoms with van der Waals surface area (Å²) in [7, 11) is 0. The third-order valence-corrected chi connectivity index (χ3v) is 5.56. The number of aromatic hydroxyl groups is 1. The first-order valence-corrected chi connectivity index (χ1v) is 10.6. The molecule has 154 valence electrons. The average Bonchev–Trinajstić information content (AvgIpc) is 2.76. The van der Waals surface area contributed by atoms with Crippen LogP contribution in [0.4, 0.5) is 4.39 Å². The maximum absolute atomic E-state index is 13.9. The third-order valence-electron chi connectivity index (χ3n) is 5.07. The Labute approximate surface area is 183 Å². The Bertz CT molecular complexity index is 1070. The molecule has 2 N–H and O–H groups in total. The van der Waals surface area contributed by atoms with E-state index in [2.05, 4.69) is 21.2 Å². The van der Waals surface area contributed by atoms with Crippen LogP contribution in [0.5, 0.6) is 11.5 Å². The number of phenols is 1. The van der Waals surface area contributed by atoms with E-state index in [1.165, 1.54) is 12.1 Å². The molecule has 3 aromatic rings. The average molecular weight is 469 g/mol. The topological polar surface area (TPSA) is 53.8 Å². The largest absolute Gasteiger partial charge is 0.508 e. The molecule has 0 aliphatic carbocycles. The van der Waals surface area contributed by atoms with Gasteiger partial charge in [0.15, 0.2) is 0 Å². The van der Waals surface area contributed by atoms with Gasteiger partial charge in [-0.25, -0.2) is 4.39 Å². The zero-order valence-electron chi connectivity index (χ0n) is 16.5. The molecule has 30 heavy (non-hydrogen) atoms. The Kier molecular flexibility index (Phi) is 6.16. The second-order valence-corrected chi connectivity index (χ2v) is 8.03. The standard InChI is InChI=1S/C24H22BrFN2O2/c1-2-30-19-9-6-15(7-10-19)21-14-22(20-13-17(25)8-11-23(20)29)28-24(27-21)16-4-3-5-18(26)12-16/h3-13,22,24,28-29H,2,14H2,1H3/t22-,24+/m1/s1. The lowest BCUT2D eigenvalue weighted by molar-refractivity contribution is 0.340. The highest BCUT2D eigenvalue weighted by Crippen LogP contribution is 2.36. The van der Waals surface area contributed by atoms with Gasteiger partial charge < -0.3 is 9.84 Å². The van der Waals surface area contributed by atoms with E-state index in [1.54, 1.807) is 18.2 Å². The maximum Gasteiger partial charge on any atom is 0.126 e. The van der Waals surface area contributed by atoms with Crippen LogP contribution in [-0.2, 0) is 0 Å². The summed E-state index contributed by atoms with van der Waals surface area (Å²) in [6.45, 7) is 2.56. The number of nitrogens with one attached hydrogen (secondary N) is 1. The predicted octanol–water partition coefficient (Wildman–Crippen LogP) is 5.92. The molecule has 1 aliphatic heterocycles. The van der Waals surface area contributed by atoms with Gasteiger partial charge in [-0.2, -0.15) is 0 Å². The summed E-state index contributed by atoms with van der Waals surface area (Å²) in [5.41, 5.74) is 3.36. The summed E-state index contributed by atoms with van der Waals surface area (Å²) in [4.78, 5) is 4.87. The first kappa shape index (κ1) is 20.6. The van der Waals surface area contributed by atoms with E-state index in [1.807, 2.05) is 43.3 Å². The van der Waals surface area contributed by atoms with E-state index >= 15 is 0 Å². The van der Waals surface area contributed by atoms with Crippen molar-refractivity contribution in [2.24, 2.45) is 4.99 Å². The van der Waals surface area contributed by atoms with Crippen molar-refractivity contribution < 1.29 is 14.2 Å². The van der Waals surface area contributed by atoms with Crippen LogP contribution in [0.3, 0.4) is 0 Å². The number of benzene rings is 3. The van der Waals surface area contributed by atoms with E-state index in [9.17, 15) is 9.50 Å². The molecule has 0 saturated carbocycles. The minimum absolute atomic E-state index is 0.185. The minimum Gasteiger partial charge on any atom is -0.508 e. The molecular formula is C24H22BrFN2O2. The Morgan fingerprint density at radius 3 is 2.67 bits per heavy atom. The van der Waals surface area contributed by atoms with Gasteiger partial charge in [0.05, 0.1) is 6.61 Å². The van der Waals surface area contributed by atoms with E-state index in [4.69, 9.17) is 9.73 Å². The number of halogens is 2. The van der Waals surface area contributed by atoms with Gasteiger partial charge in [0.25, 0.3) is 0 Å². The van der Waals surface area contributed by atoms with E-state index in [0.717, 1.165) is 32.6 Å². The van der Waals surface area contributed by atoms with Gasteiger partial charge in [-0.05, 0) is 72.6 Å². The molecular weight excluding hydrogens is 447 g/mol. The highest BCUT2D eigenvalue weighted by Gasteiger charge is 2.28. The van der Waals surface area contributed by atoms with E-state index in [0.29, 0.717) is 13.0 Å². The molecule has 2 atom stereocenters. The number of rotatable bonds is 5. The second kappa shape index (κ2) is 8.98. The van der Waals surface area contributed by atoms with Crippen LogP contribution in [0, 0.1) is 5.82 Å².